The van der Waals surface area contributed by atoms with E-state index in [0.29, 0.717) is 29.0 Å². The van der Waals surface area contributed by atoms with Gasteiger partial charge in [0.1, 0.15) is 5.82 Å². The van der Waals surface area contributed by atoms with E-state index in [1.54, 1.807) is 12.1 Å². The van der Waals surface area contributed by atoms with E-state index in [-0.39, 0.29) is 0 Å². The number of H-pyrrole nitrogens is 1. The highest BCUT2D eigenvalue weighted by Gasteiger charge is 2.20. The van der Waals surface area contributed by atoms with Gasteiger partial charge in [-0.2, -0.15) is 5.21 Å². The Hall–Kier alpha value is -4.37. The number of imidazole rings is 1. The van der Waals surface area contributed by atoms with E-state index >= 15 is 0 Å². The van der Waals surface area contributed by atoms with Gasteiger partial charge in [0.25, 0.3) is 0 Å². The van der Waals surface area contributed by atoms with Crippen LogP contribution < -0.4 is 0 Å². The molecule has 36 heavy (non-hydrogen) atoms. The van der Waals surface area contributed by atoms with E-state index in [0.717, 1.165) is 47.3 Å². The maximum atomic E-state index is 12.6. The number of aromatic nitrogens is 6. The number of para-hydroxylation sites is 1. The molecule has 9 nitrogen and oxygen atoms in total. The molecule has 182 valence electrons. The quantitative estimate of drug-likeness (QED) is 0.236. The van der Waals surface area contributed by atoms with E-state index in [2.05, 4.69) is 50.3 Å². The van der Waals surface area contributed by atoms with Gasteiger partial charge in [-0.25, -0.2) is 9.78 Å². The number of hydrogen-bond acceptors (Lipinski definition) is 7. The lowest BCUT2D eigenvalue weighted by molar-refractivity contribution is 0.00700. The molecule has 0 aliphatic rings. The number of esters is 1. The Labute approximate surface area is 207 Å². The molecule has 0 unspecified atom stereocenters. The van der Waals surface area contributed by atoms with Crippen molar-refractivity contribution in [1.82, 2.24) is 30.2 Å². The minimum absolute atomic E-state index is 0.371. The predicted molar refractivity (Wildman–Crippen MR) is 135 cm³/mol. The van der Waals surface area contributed by atoms with E-state index in [9.17, 15) is 4.79 Å². The second-order valence-corrected chi connectivity index (χ2v) is 8.43. The summed E-state index contributed by atoms with van der Waals surface area (Å²) in [5.41, 5.74) is 5.67. The monoisotopic (exact) mass is 482 g/mol. The summed E-state index contributed by atoms with van der Waals surface area (Å²) in [6.45, 7) is 1.94. The average Bonchev–Trinajstić information content (AvgIpc) is 3.57. The fourth-order valence-electron chi connectivity index (χ4n) is 4.43. The Morgan fingerprint density at radius 3 is 2.67 bits per heavy atom. The first-order valence-corrected chi connectivity index (χ1v) is 11.9. The topological polar surface area (TPSA) is 119 Å². The lowest BCUT2D eigenvalue weighted by Crippen LogP contribution is -2.11. The lowest BCUT2D eigenvalue weighted by Gasteiger charge is -2.14. The van der Waals surface area contributed by atoms with Crippen LogP contribution in [0.1, 0.15) is 41.5 Å². The number of tetrazole rings is 1. The minimum atomic E-state index is -0.680. The number of nitrogens with zero attached hydrogens (tertiary/aromatic N) is 5. The molecule has 3 aromatic carbocycles. The highest BCUT2D eigenvalue weighted by molar-refractivity contribution is 6.02. The summed E-state index contributed by atoms with van der Waals surface area (Å²) in [5, 5.41) is 23.9. The number of carbonyl (C=O) groups is 1. The van der Waals surface area contributed by atoms with Gasteiger partial charge in [0, 0.05) is 18.5 Å². The fraction of sp³-hybridized carbons (Fsp3) is 0.222. The number of aromatic amines is 1. The molecule has 0 aliphatic heterocycles. The molecule has 0 fully saturated rings. The van der Waals surface area contributed by atoms with Crippen LogP contribution in [0.3, 0.4) is 0 Å². The van der Waals surface area contributed by atoms with Crippen molar-refractivity contribution >= 4 is 17.0 Å². The highest BCUT2D eigenvalue weighted by Crippen LogP contribution is 2.32. The van der Waals surface area contributed by atoms with Crippen molar-refractivity contribution in [3.05, 3.63) is 83.7 Å². The molecule has 2 N–H and O–H groups in total. The first-order chi connectivity index (χ1) is 17.7. The molecular formula is C27H26N6O3. The summed E-state index contributed by atoms with van der Waals surface area (Å²) in [4.78, 5) is 17.5. The lowest BCUT2D eigenvalue weighted by atomic mass is 9.97. The third-order valence-corrected chi connectivity index (χ3v) is 6.11. The number of hydrogen-bond donors (Lipinski definition) is 2. The molecule has 0 aliphatic carbocycles. The van der Waals surface area contributed by atoms with E-state index in [1.807, 2.05) is 36.4 Å². The van der Waals surface area contributed by atoms with Crippen molar-refractivity contribution < 1.29 is 14.6 Å². The van der Waals surface area contributed by atoms with Gasteiger partial charge in [-0.1, -0.05) is 61.9 Å². The molecule has 0 bridgehead atoms. The molecule has 9 heteroatoms. The Balaban J connectivity index is 1.63. The summed E-state index contributed by atoms with van der Waals surface area (Å²) in [6.07, 6.45) is 2.77. The standard InChI is InChI=1S/C27H26N6O3/c1-2-3-12-24-28-23-11-7-10-21(27(35)36-17-34)25(23)33(24)16-18-13-14-20(19-8-5-4-6-9-19)22(15-18)26-29-31-32-30-26/h4-11,13-15,34H,2-3,12,16-17H2,1H3,(H,29,30,31,32). The van der Waals surface area contributed by atoms with Gasteiger partial charge in [0.2, 0.25) is 5.82 Å². The number of ether oxygens (including phenoxy) is 1. The van der Waals surface area contributed by atoms with Gasteiger partial charge in [-0.05, 0) is 46.5 Å². The second kappa shape index (κ2) is 10.5. The number of benzene rings is 3. The molecule has 0 amide bonds. The van der Waals surface area contributed by atoms with Gasteiger partial charge in [0.15, 0.2) is 6.79 Å². The molecule has 0 radical (unpaired) electrons. The molecule has 5 aromatic rings. The maximum Gasteiger partial charge on any atom is 0.342 e. The Bertz CT molecular complexity index is 1480. The highest BCUT2D eigenvalue weighted by atomic mass is 16.6. The first-order valence-electron chi connectivity index (χ1n) is 11.9. The Kier molecular flexibility index (Phi) is 6.81. The van der Waals surface area contributed by atoms with Crippen LogP contribution in [0.2, 0.25) is 0 Å². The van der Waals surface area contributed by atoms with Crippen molar-refractivity contribution in [3.8, 4) is 22.5 Å². The first kappa shape index (κ1) is 23.4. The normalized spacial score (nSPS) is 11.2. The Morgan fingerprint density at radius 2 is 1.92 bits per heavy atom. The van der Waals surface area contributed by atoms with Crippen LogP contribution in [-0.4, -0.2) is 48.0 Å². The molecular weight excluding hydrogens is 456 g/mol. The summed E-state index contributed by atoms with van der Waals surface area (Å²) in [5.74, 6) is 0.812. The number of aryl methyl sites for hydroxylation is 1. The van der Waals surface area contributed by atoms with Crippen LogP contribution in [0, 0.1) is 0 Å². The number of nitrogens with one attached hydrogen (secondary N) is 1. The second-order valence-electron chi connectivity index (χ2n) is 8.43. The zero-order valence-corrected chi connectivity index (χ0v) is 19.9. The molecule has 0 saturated heterocycles. The maximum absolute atomic E-state index is 12.6. The number of fused-ring (bicyclic) bond motifs is 1. The van der Waals surface area contributed by atoms with Crippen molar-refractivity contribution in [2.75, 3.05) is 6.79 Å². The van der Waals surface area contributed by atoms with Gasteiger partial charge in [0.05, 0.1) is 16.6 Å². The molecule has 0 atom stereocenters. The predicted octanol–water partition coefficient (Wildman–Crippen LogP) is 4.38. The minimum Gasteiger partial charge on any atom is -0.435 e. The van der Waals surface area contributed by atoms with Gasteiger partial charge in [-0.15, -0.1) is 10.2 Å². The molecule has 2 aromatic heterocycles. The van der Waals surface area contributed by atoms with Crippen LogP contribution in [0.25, 0.3) is 33.5 Å². The van der Waals surface area contributed by atoms with Gasteiger partial charge >= 0.3 is 5.97 Å². The van der Waals surface area contributed by atoms with Crippen molar-refractivity contribution in [2.24, 2.45) is 0 Å². The average molecular weight is 483 g/mol. The van der Waals surface area contributed by atoms with Crippen molar-refractivity contribution in [1.29, 1.82) is 0 Å². The number of carbonyl (C=O) groups excluding carboxylic acids is 1. The number of aliphatic hydroxyl groups excluding tert-OH is 1. The largest absolute Gasteiger partial charge is 0.435 e. The zero-order chi connectivity index (χ0) is 24.9. The van der Waals surface area contributed by atoms with E-state index in [4.69, 9.17) is 14.8 Å². The van der Waals surface area contributed by atoms with Crippen LogP contribution in [0.15, 0.2) is 66.7 Å². The van der Waals surface area contributed by atoms with Crippen LogP contribution >= 0.6 is 0 Å². The van der Waals surface area contributed by atoms with Crippen LogP contribution in [0.5, 0.6) is 0 Å². The number of unbranched alkanes of at least 4 members (excludes halogenated alkanes) is 1. The fourth-order valence-corrected chi connectivity index (χ4v) is 4.43. The summed E-state index contributed by atoms with van der Waals surface area (Å²) < 4.78 is 6.98. The van der Waals surface area contributed by atoms with Crippen LogP contribution in [-0.2, 0) is 17.7 Å². The zero-order valence-electron chi connectivity index (χ0n) is 19.9. The molecule has 2 heterocycles. The van der Waals surface area contributed by atoms with Crippen LogP contribution in [0.4, 0.5) is 0 Å². The Morgan fingerprint density at radius 1 is 1.06 bits per heavy atom. The van der Waals surface area contributed by atoms with Crippen molar-refractivity contribution in [2.45, 2.75) is 32.7 Å². The third kappa shape index (κ3) is 4.60. The molecule has 5 rings (SSSR count). The summed E-state index contributed by atoms with van der Waals surface area (Å²) >= 11 is 0. The summed E-state index contributed by atoms with van der Waals surface area (Å²) in [6, 6.07) is 21.6. The van der Waals surface area contributed by atoms with Gasteiger partial charge < -0.3 is 14.4 Å². The van der Waals surface area contributed by atoms with E-state index < -0.39 is 12.8 Å². The molecule has 0 spiro atoms. The van der Waals surface area contributed by atoms with E-state index in [1.165, 1.54) is 0 Å². The smallest absolute Gasteiger partial charge is 0.342 e. The number of aliphatic hydroxyl groups is 1. The number of rotatable bonds is 9. The third-order valence-electron chi connectivity index (χ3n) is 6.11. The summed E-state index contributed by atoms with van der Waals surface area (Å²) in [7, 11) is 0. The van der Waals surface area contributed by atoms with Crippen molar-refractivity contribution in [3.63, 3.8) is 0 Å². The SMILES string of the molecule is CCCCc1nc2cccc(C(=O)OCO)c2n1Cc1ccc(-c2ccccc2)c(-c2nn[nH]n2)c1. The van der Waals surface area contributed by atoms with Gasteiger partial charge in [-0.3, -0.25) is 0 Å². The molecule has 0 saturated carbocycles.